The molecular formula is C10H12N3O+. The molecule has 3 N–H and O–H groups in total. The molecule has 0 saturated heterocycles. The van der Waals surface area contributed by atoms with Crippen molar-refractivity contribution >= 4 is 16.7 Å². The molecule has 4 heteroatoms. The summed E-state index contributed by atoms with van der Waals surface area (Å²) in [6, 6.07) is 7.50. The van der Waals surface area contributed by atoms with Crippen LogP contribution in [-0.4, -0.2) is 4.98 Å². The van der Waals surface area contributed by atoms with Crippen molar-refractivity contribution in [3.8, 4) is 0 Å². The van der Waals surface area contributed by atoms with E-state index in [4.69, 9.17) is 5.73 Å². The van der Waals surface area contributed by atoms with Crippen molar-refractivity contribution in [1.82, 2.24) is 4.98 Å². The van der Waals surface area contributed by atoms with E-state index in [-0.39, 0.29) is 5.69 Å². The number of nitrogens with two attached hydrogens (primary N) is 1. The molecule has 0 radical (unpaired) electrons. The highest BCUT2D eigenvalue weighted by Gasteiger charge is 2.11. The van der Waals surface area contributed by atoms with Gasteiger partial charge in [0.15, 0.2) is 0 Å². The Morgan fingerprint density at radius 2 is 2.14 bits per heavy atom. The summed E-state index contributed by atoms with van der Waals surface area (Å²) in [4.78, 5) is 14.3. The molecule has 0 spiro atoms. The molecule has 0 bridgehead atoms. The number of nitrogens with one attached hydrogen (secondary N) is 1. The quantitative estimate of drug-likeness (QED) is 0.640. The Morgan fingerprint density at radius 3 is 2.86 bits per heavy atom. The lowest BCUT2D eigenvalue weighted by Gasteiger charge is -2.02. The van der Waals surface area contributed by atoms with Gasteiger partial charge < -0.3 is 5.73 Å². The third kappa shape index (κ3) is 1.16. The number of anilines is 1. The number of benzene rings is 1. The number of hydrogen-bond acceptors (Lipinski definition) is 2. The molecule has 14 heavy (non-hydrogen) atoms. The summed E-state index contributed by atoms with van der Waals surface area (Å²) >= 11 is 0. The molecule has 2 rings (SSSR count). The zero-order valence-corrected chi connectivity index (χ0v) is 7.95. The Bertz CT molecular complexity index is 530. The smallest absolute Gasteiger partial charge is 0.318 e. The zero-order chi connectivity index (χ0) is 10.1. The second kappa shape index (κ2) is 3.14. The number of rotatable bonds is 1. The maximum atomic E-state index is 11.5. The fourth-order valence-electron chi connectivity index (χ4n) is 1.57. The maximum absolute atomic E-state index is 11.5. The average Bonchev–Trinajstić information content (AvgIpc) is 2.18. The van der Waals surface area contributed by atoms with Crippen molar-refractivity contribution in [3.05, 3.63) is 34.7 Å². The predicted molar refractivity (Wildman–Crippen MR) is 54.9 cm³/mol. The molecule has 0 amide bonds. The first-order valence-corrected chi connectivity index (χ1v) is 4.54. The molecule has 0 aliphatic rings. The second-order valence-electron chi connectivity index (χ2n) is 3.11. The molecule has 72 valence electrons. The van der Waals surface area contributed by atoms with Crippen molar-refractivity contribution in [2.45, 2.75) is 13.5 Å². The topological polar surface area (TPSA) is 62.8 Å². The highest BCUT2D eigenvalue weighted by Crippen LogP contribution is 2.12. The van der Waals surface area contributed by atoms with Gasteiger partial charge >= 0.3 is 5.69 Å². The van der Waals surface area contributed by atoms with Crippen LogP contribution in [0.3, 0.4) is 0 Å². The minimum Gasteiger partial charge on any atom is -0.318 e. The van der Waals surface area contributed by atoms with Crippen LogP contribution in [0.4, 0.5) is 5.82 Å². The molecule has 0 fully saturated rings. The summed E-state index contributed by atoms with van der Waals surface area (Å²) in [5.41, 5.74) is 6.49. The number of aromatic amines is 1. The van der Waals surface area contributed by atoms with Gasteiger partial charge in [-0.3, -0.25) is 0 Å². The van der Waals surface area contributed by atoms with Gasteiger partial charge in [0.1, 0.15) is 5.52 Å². The highest BCUT2D eigenvalue weighted by atomic mass is 16.1. The zero-order valence-electron chi connectivity index (χ0n) is 7.95. The third-order valence-corrected chi connectivity index (χ3v) is 2.30. The van der Waals surface area contributed by atoms with Crippen molar-refractivity contribution in [3.63, 3.8) is 0 Å². The first-order valence-electron chi connectivity index (χ1n) is 4.54. The monoisotopic (exact) mass is 190 g/mol. The second-order valence-corrected chi connectivity index (χ2v) is 3.11. The van der Waals surface area contributed by atoms with Crippen LogP contribution in [0.25, 0.3) is 10.9 Å². The van der Waals surface area contributed by atoms with Crippen LogP contribution in [0.15, 0.2) is 29.1 Å². The normalized spacial score (nSPS) is 10.6. The summed E-state index contributed by atoms with van der Waals surface area (Å²) in [6.45, 7) is 2.46. The van der Waals surface area contributed by atoms with Gasteiger partial charge in [-0.15, -0.1) is 0 Å². The number of para-hydroxylation sites is 1. The minimum atomic E-state index is -0.163. The van der Waals surface area contributed by atoms with Crippen LogP contribution in [-0.2, 0) is 6.54 Å². The van der Waals surface area contributed by atoms with Gasteiger partial charge in [-0.1, -0.05) is 12.1 Å². The van der Waals surface area contributed by atoms with Crippen molar-refractivity contribution < 1.29 is 4.57 Å². The molecule has 0 saturated carbocycles. The average molecular weight is 190 g/mol. The van der Waals surface area contributed by atoms with Gasteiger partial charge in [0.05, 0.1) is 11.9 Å². The van der Waals surface area contributed by atoms with E-state index >= 15 is 0 Å². The van der Waals surface area contributed by atoms with Gasteiger partial charge in [-0.2, -0.15) is 4.57 Å². The molecule has 1 aromatic heterocycles. The van der Waals surface area contributed by atoms with Gasteiger partial charge in [0, 0.05) is 0 Å². The number of aromatic nitrogens is 2. The lowest BCUT2D eigenvalue weighted by atomic mass is 10.2. The van der Waals surface area contributed by atoms with Gasteiger partial charge in [0.2, 0.25) is 5.82 Å². The largest absolute Gasteiger partial charge is 0.441 e. The van der Waals surface area contributed by atoms with Crippen LogP contribution < -0.4 is 16.0 Å². The van der Waals surface area contributed by atoms with E-state index in [1.165, 1.54) is 4.57 Å². The lowest BCUT2D eigenvalue weighted by molar-refractivity contribution is -0.695. The predicted octanol–water partition coefficient (Wildman–Crippen LogP) is 0.418. The van der Waals surface area contributed by atoms with E-state index < -0.39 is 0 Å². The molecule has 2 aromatic rings. The SMILES string of the molecule is CC[n+]1c(N)c2ccccc2[nH]c1=O. The lowest BCUT2D eigenvalue weighted by Crippen LogP contribution is -2.52. The Hall–Kier alpha value is -1.84. The summed E-state index contributed by atoms with van der Waals surface area (Å²) in [6.07, 6.45) is 0. The standard InChI is InChI=1S/C10H11N3O/c1-2-13-9(11)7-5-3-4-6-8(7)12-10(13)14/h3-6H,2H2,1H3,(H2,11,12,14)/p+1. The summed E-state index contributed by atoms with van der Waals surface area (Å²) < 4.78 is 1.52. The van der Waals surface area contributed by atoms with Crippen LogP contribution in [0.5, 0.6) is 0 Å². The summed E-state index contributed by atoms with van der Waals surface area (Å²) in [7, 11) is 0. The van der Waals surface area contributed by atoms with Crippen molar-refractivity contribution in [2.75, 3.05) is 5.73 Å². The summed E-state index contributed by atoms with van der Waals surface area (Å²) in [5, 5.41) is 0.883. The van der Waals surface area contributed by atoms with E-state index in [1.807, 2.05) is 31.2 Å². The number of nitrogen functional groups attached to an aromatic ring is 1. The van der Waals surface area contributed by atoms with Crippen LogP contribution >= 0.6 is 0 Å². The number of fused-ring (bicyclic) bond motifs is 1. The maximum Gasteiger partial charge on any atom is 0.441 e. The highest BCUT2D eigenvalue weighted by molar-refractivity contribution is 5.85. The van der Waals surface area contributed by atoms with Crippen molar-refractivity contribution in [2.24, 2.45) is 0 Å². The molecule has 1 heterocycles. The molecule has 0 aliphatic heterocycles. The number of hydrogen-bond donors (Lipinski definition) is 2. The molecule has 0 atom stereocenters. The fraction of sp³-hybridized carbons (Fsp3) is 0.200. The van der Waals surface area contributed by atoms with E-state index in [9.17, 15) is 4.79 Å². The molecule has 1 aromatic carbocycles. The van der Waals surface area contributed by atoms with E-state index in [2.05, 4.69) is 4.98 Å². The van der Waals surface area contributed by atoms with Gasteiger partial charge in [0.25, 0.3) is 0 Å². The number of nitrogens with zero attached hydrogens (tertiary/aromatic N) is 1. The van der Waals surface area contributed by atoms with Crippen LogP contribution in [0.2, 0.25) is 0 Å². The van der Waals surface area contributed by atoms with E-state index in [0.29, 0.717) is 12.4 Å². The Kier molecular flexibility index (Phi) is 1.96. The molecule has 0 unspecified atom stereocenters. The first-order chi connectivity index (χ1) is 6.74. The Morgan fingerprint density at radius 1 is 1.43 bits per heavy atom. The minimum absolute atomic E-state index is 0.163. The first kappa shape index (κ1) is 8.74. The Balaban J connectivity index is 2.93. The summed E-state index contributed by atoms with van der Waals surface area (Å²) in [5.74, 6) is 0.520. The van der Waals surface area contributed by atoms with Crippen LogP contribution in [0.1, 0.15) is 6.92 Å². The van der Waals surface area contributed by atoms with Gasteiger partial charge in [-0.25, -0.2) is 9.78 Å². The van der Waals surface area contributed by atoms with Crippen LogP contribution in [0, 0.1) is 0 Å². The van der Waals surface area contributed by atoms with Gasteiger partial charge in [-0.05, 0) is 19.1 Å². The van der Waals surface area contributed by atoms with E-state index in [0.717, 1.165) is 10.9 Å². The molecular weight excluding hydrogens is 178 g/mol. The fourth-order valence-corrected chi connectivity index (χ4v) is 1.57. The Labute approximate surface area is 81.0 Å². The molecule has 4 nitrogen and oxygen atoms in total. The van der Waals surface area contributed by atoms with Crippen molar-refractivity contribution in [1.29, 1.82) is 0 Å². The van der Waals surface area contributed by atoms with E-state index in [1.54, 1.807) is 0 Å². The molecule has 0 aliphatic carbocycles. The third-order valence-electron chi connectivity index (χ3n) is 2.30. The number of H-pyrrole nitrogens is 1.